The van der Waals surface area contributed by atoms with E-state index in [4.69, 9.17) is 0 Å². The van der Waals surface area contributed by atoms with E-state index in [-0.39, 0.29) is 6.04 Å². The van der Waals surface area contributed by atoms with E-state index >= 15 is 0 Å². The van der Waals surface area contributed by atoms with Crippen LogP contribution in [0.1, 0.15) is 40.0 Å². The third kappa shape index (κ3) is 3.71. The first-order chi connectivity index (χ1) is 16.9. The highest BCUT2D eigenvalue weighted by molar-refractivity contribution is 7.89. The zero-order valence-corrected chi connectivity index (χ0v) is 20.7. The Balaban J connectivity index is 1.56. The summed E-state index contributed by atoms with van der Waals surface area (Å²) in [7, 11) is -3.73. The summed E-state index contributed by atoms with van der Waals surface area (Å²) in [6.07, 6.45) is -0.392. The van der Waals surface area contributed by atoms with Gasteiger partial charge in [-0.1, -0.05) is 96.1 Å². The maximum Gasteiger partial charge on any atom is 0.244 e. The van der Waals surface area contributed by atoms with Gasteiger partial charge in [-0.05, 0) is 53.8 Å². The van der Waals surface area contributed by atoms with Gasteiger partial charge in [-0.15, -0.1) is 0 Å². The summed E-state index contributed by atoms with van der Waals surface area (Å²) in [6, 6.07) is 32.3. The van der Waals surface area contributed by atoms with Gasteiger partial charge in [0.05, 0.1) is 10.9 Å². The second-order valence-electron chi connectivity index (χ2n) is 9.60. The zero-order chi connectivity index (χ0) is 24.2. The Labute approximate surface area is 207 Å². The van der Waals surface area contributed by atoms with Gasteiger partial charge in [-0.3, -0.25) is 4.90 Å². The molecule has 0 aliphatic carbocycles. The smallest absolute Gasteiger partial charge is 0.244 e. The average molecular weight is 481 g/mol. The van der Waals surface area contributed by atoms with Gasteiger partial charge in [0.15, 0.2) is 0 Å². The molecule has 2 unspecified atom stereocenters. The molecule has 2 heterocycles. The first-order valence-electron chi connectivity index (χ1n) is 12.0. The Hall–Kier alpha value is -3.25. The van der Waals surface area contributed by atoms with Crippen LogP contribution in [0.4, 0.5) is 0 Å². The standard InChI is InChI=1S/C30H28N2O2S/c1-21-11-15-23(16-12-21)29-20-32(35(33,34)25-17-13-22(2)14-18-25)30-28-10-6-5-9-27(28)26-8-4-3-7-24(26)19-31(29)30/h3-18,29-30H,19-20H2,1-2H3. The molecule has 2 aliphatic heterocycles. The minimum Gasteiger partial charge on any atom is -0.270 e. The molecular weight excluding hydrogens is 452 g/mol. The molecule has 4 aromatic carbocycles. The van der Waals surface area contributed by atoms with E-state index in [0.29, 0.717) is 18.0 Å². The van der Waals surface area contributed by atoms with Crippen molar-refractivity contribution in [1.29, 1.82) is 0 Å². The van der Waals surface area contributed by atoms with Crippen molar-refractivity contribution in [1.82, 2.24) is 9.21 Å². The van der Waals surface area contributed by atoms with Crippen molar-refractivity contribution in [3.8, 4) is 11.1 Å². The summed E-state index contributed by atoms with van der Waals surface area (Å²) >= 11 is 0. The van der Waals surface area contributed by atoms with Crippen LogP contribution in [0.2, 0.25) is 0 Å². The lowest BCUT2D eigenvalue weighted by Crippen LogP contribution is -2.34. The highest BCUT2D eigenvalue weighted by Gasteiger charge is 2.48. The van der Waals surface area contributed by atoms with E-state index in [9.17, 15) is 8.42 Å². The molecule has 0 radical (unpaired) electrons. The fraction of sp³-hybridized carbons (Fsp3) is 0.200. The van der Waals surface area contributed by atoms with Crippen LogP contribution < -0.4 is 0 Å². The van der Waals surface area contributed by atoms with Gasteiger partial charge in [0, 0.05) is 13.1 Å². The third-order valence-electron chi connectivity index (χ3n) is 7.33. The summed E-state index contributed by atoms with van der Waals surface area (Å²) in [5, 5.41) is 0. The van der Waals surface area contributed by atoms with Crippen molar-refractivity contribution in [3.05, 3.63) is 125 Å². The number of nitrogens with zero attached hydrogens (tertiary/aromatic N) is 2. The number of aryl methyl sites for hydroxylation is 2. The van der Waals surface area contributed by atoms with Gasteiger partial charge in [0.2, 0.25) is 10.0 Å². The molecule has 4 aromatic rings. The molecule has 1 fully saturated rings. The molecule has 176 valence electrons. The largest absolute Gasteiger partial charge is 0.270 e. The third-order valence-corrected chi connectivity index (χ3v) is 9.16. The molecule has 0 aromatic heterocycles. The van der Waals surface area contributed by atoms with Gasteiger partial charge in [0.1, 0.15) is 6.17 Å². The Morgan fingerprint density at radius 2 is 1.31 bits per heavy atom. The summed E-state index contributed by atoms with van der Waals surface area (Å²) in [6.45, 7) is 5.13. The van der Waals surface area contributed by atoms with Crippen molar-refractivity contribution in [2.24, 2.45) is 0 Å². The molecule has 1 saturated heterocycles. The Morgan fingerprint density at radius 3 is 2.03 bits per heavy atom. The summed E-state index contributed by atoms with van der Waals surface area (Å²) in [4.78, 5) is 2.70. The van der Waals surface area contributed by atoms with E-state index in [1.54, 1.807) is 16.4 Å². The minimum absolute atomic E-state index is 0.0555. The van der Waals surface area contributed by atoms with Gasteiger partial charge >= 0.3 is 0 Å². The maximum absolute atomic E-state index is 14.1. The van der Waals surface area contributed by atoms with Gasteiger partial charge in [0.25, 0.3) is 0 Å². The average Bonchev–Trinajstić information content (AvgIpc) is 3.18. The highest BCUT2D eigenvalue weighted by atomic mass is 32.2. The second kappa shape index (κ2) is 8.45. The summed E-state index contributed by atoms with van der Waals surface area (Å²) in [5.74, 6) is 0. The molecule has 4 nitrogen and oxygen atoms in total. The second-order valence-corrected chi connectivity index (χ2v) is 11.5. The van der Waals surface area contributed by atoms with Crippen LogP contribution in [0.25, 0.3) is 11.1 Å². The zero-order valence-electron chi connectivity index (χ0n) is 19.9. The number of hydrogen-bond donors (Lipinski definition) is 0. The first kappa shape index (κ1) is 22.2. The minimum atomic E-state index is -3.73. The van der Waals surface area contributed by atoms with Gasteiger partial charge in [-0.25, -0.2) is 8.42 Å². The monoisotopic (exact) mass is 480 g/mol. The van der Waals surface area contributed by atoms with Crippen molar-refractivity contribution >= 4 is 10.0 Å². The Kier molecular flexibility index (Phi) is 5.37. The molecule has 0 spiro atoms. The van der Waals surface area contributed by atoms with Crippen LogP contribution >= 0.6 is 0 Å². The normalized spacial score (nSPS) is 20.1. The van der Waals surface area contributed by atoms with E-state index < -0.39 is 16.2 Å². The van der Waals surface area contributed by atoms with Gasteiger partial charge < -0.3 is 0 Å². The first-order valence-corrected chi connectivity index (χ1v) is 13.5. The molecule has 2 aliphatic rings. The van der Waals surface area contributed by atoms with E-state index in [1.165, 1.54) is 16.7 Å². The summed E-state index contributed by atoms with van der Waals surface area (Å²) < 4.78 is 30.0. The molecule has 35 heavy (non-hydrogen) atoms. The number of hydrogen-bond acceptors (Lipinski definition) is 3. The number of fused-ring (bicyclic) bond motifs is 5. The predicted molar refractivity (Wildman–Crippen MR) is 139 cm³/mol. The SMILES string of the molecule is Cc1ccc(C2CN(S(=O)(=O)c3ccc(C)cc3)C3c4ccccc4-c4ccccc4CN23)cc1. The highest BCUT2D eigenvalue weighted by Crippen LogP contribution is 2.49. The number of sulfonamides is 1. The molecule has 2 atom stereocenters. The van der Waals surface area contributed by atoms with Crippen molar-refractivity contribution in [2.75, 3.05) is 6.54 Å². The van der Waals surface area contributed by atoms with Crippen LogP contribution in [-0.4, -0.2) is 24.2 Å². The molecule has 0 N–H and O–H groups in total. The lowest BCUT2D eigenvalue weighted by molar-refractivity contribution is 0.155. The van der Waals surface area contributed by atoms with Gasteiger partial charge in [-0.2, -0.15) is 4.31 Å². The van der Waals surface area contributed by atoms with Crippen LogP contribution in [0, 0.1) is 13.8 Å². The van der Waals surface area contributed by atoms with E-state index in [2.05, 4.69) is 72.5 Å². The maximum atomic E-state index is 14.1. The predicted octanol–water partition coefficient (Wildman–Crippen LogP) is 6.23. The molecular formula is C30H28N2O2S. The van der Waals surface area contributed by atoms with Crippen molar-refractivity contribution < 1.29 is 8.42 Å². The number of rotatable bonds is 3. The Morgan fingerprint density at radius 1 is 0.714 bits per heavy atom. The molecule has 5 heteroatoms. The van der Waals surface area contributed by atoms with Crippen molar-refractivity contribution in [3.63, 3.8) is 0 Å². The number of benzene rings is 4. The van der Waals surface area contributed by atoms with Crippen LogP contribution in [-0.2, 0) is 16.6 Å². The van der Waals surface area contributed by atoms with E-state index in [1.807, 2.05) is 31.2 Å². The lowest BCUT2D eigenvalue weighted by atomic mass is 9.96. The topological polar surface area (TPSA) is 40.6 Å². The fourth-order valence-electron chi connectivity index (χ4n) is 5.49. The van der Waals surface area contributed by atoms with Crippen LogP contribution in [0.5, 0.6) is 0 Å². The van der Waals surface area contributed by atoms with Crippen LogP contribution in [0.3, 0.4) is 0 Å². The van der Waals surface area contributed by atoms with Crippen LogP contribution in [0.15, 0.2) is 102 Å². The fourth-order valence-corrected chi connectivity index (χ4v) is 7.07. The lowest BCUT2D eigenvalue weighted by Gasteiger charge is -2.31. The Bertz CT molecular complexity index is 1490. The quantitative estimate of drug-likeness (QED) is 0.349. The van der Waals surface area contributed by atoms with Crippen molar-refractivity contribution in [2.45, 2.75) is 37.5 Å². The molecule has 6 rings (SSSR count). The summed E-state index contributed by atoms with van der Waals surface area (Å²) in [5.41, 5.74) is 7.90. The van der Waals surface area contributed by atoms with E-state index in [0.717, 1.165) is 22.3 Å². The molecule has 0 saturated carbocycles. The molecule has 0 bridgehead atoms. The molecule has 0 amide bonds.